The van der Waals surface area contributed by atoms with E-state index in [1.54, 1.807) is 0 Å². The minimum Gasteiger partial charge on any atom is -0.475 e. The van der Waals surface area contributed by atoms with Crippen molar-refractivity contribution < 1.29 is 9.47 Å². The Kier molecular flexibility index (Phi) is 4.91. The van der Waals surface area contributed by atoms with E-state index in [0.29, 0.717) is 12.5 Å². The highest BCUT2D eigenvalue weighted by Gasteiger charge is 2.21. The van der Waals surface area contributed by atoms with Crippen LogP contribution in [0.4, 0.5) is 0 Å². The molecule has 1 saturated heterocycles. The highest BCUT2D eigenvalue weighted by molar-refractivity contribution is 5.78. The number of benzene rings is 2. The summed E-state index contributed by atoms with van der Waals surface area (Å²) in [5.41, 5.74) is 2.29. The van der Waals surface area contributed by atoms with Crippen molar-refractivity contribution in [2.24, 2.45) is 0 Å². The van der Waals surface area contributed by atoms with Crippen molar-refractivity contribution in [1.29, 1.82) is 0 Å². The van der Waals surface area contributed by atoms with Crippen LogP contribution in [0.2, 0.25) is 0 Å². The highest BCUT2D eigenvalue weighted by atomic mass is 16.5. The molecule has 0 spiro atoms. The van der Waals surface area contributed by atoms with Crippen LogP contribution in [0.1, 0.15) is 5.56 Å². The molecule has 4 rings (SSSR count). The molecular weight excluding hydrogens is 312 g/mol. The number of nitrogens with zero attached hydrogens (tertiary/aromatic N) is 2. The third kappa shape index (κ3) is 4.16. The van der Waals surface area contributed by atoms with Gasteiger partial charge in [-0.2, -0.15) is 0 Å². The molecule has 1 fully saturated rings. The first-order valence-electron chi connectivity index (χ1n) is 8.73. The van der Waals surface area contributed by atoms with Crippen LogP contribution in [0.3, 0.4) is 0 Å². The van der Waals surface area contributed by atoms with Crippen LogP contribution in [-0.4, -0.2) is 42.3 Å². The van der Waals surface area contributed by atoms with Crippen LogP contribution in [0, 0.1) is 0 Å². The van der Waals surface area contributed by atoms with E-state index < -0.39 is 0 Å². The number of rotatable bonds is 5. The second-order valence-corrected chi connectivity index (χ2v) is 6.37. The molecule has 2 heterocycles. The van der Waals surface area contributed by atoms with Gasteiger partial charge in [-0.25, -0.2) is 4.98 Å². The summed E-state index contributed by atoms with van der Waals surface area (Å²) in [5, 5.41) is 1.12. The number of hydrogen-bond donors (Lipinski definition) is 0. The summed E-state index contributed by atoms with van der Waals surface area (Å²) >= 11 is 0. The minimum absolute atomic E-state index is 0.0748. The van der Waals surface area contributed by atoms with Gasteiger partial charge in [0.15, 0.2) is 0 Å². The maximum Gasteiger partial charge on any atom is 0.213 e. The molecule has 1 aromatic heterocycles. The first kappa shape index (κ1) is 16.1. The average Bonchev–Trinajstić information content (AvgIpc) is 2.67. The van der Waals surface area contributed by atoms with E-state index in [9.17, 15) is 0 Å². The molecule has 4 heteroatoms. The Balaban J connectivity index is 1.34. The lowest BCUT2D eigenvalue weighted by molar-refractivity contribution is -0.0509. The topological polar surface area (TPSA) is 34.6 Å². The molecule has 1 atom stereocenters. The molecule has 4 nitrogen and oxygen atoms in total. The van der Waals surface area contributed by atoms with Gasteiger partial charge in [0, 0.05) is 31.1 Å². The smallest absolute Gasteiger partial charge is 0.213 e. The molecule has 0 radical (unpaired) electrons. The molecule has 128 valence electrons. The third-order valence-electron chi connectivity index (χ3n) is 4.46. The maximum atomic E-state index is 5.89. The van der Waals surface area contributed by atoms with Crippen molar-refractivity contribution >= 4 is 10.9 Å². The molecule has 1 aliphatic rings. The standard InChI is InChI=1S/C21H22N2O2/c1-2-6-17(7-3-1)14-23-12-13-24-19(15-23)16-25-21-11-10-18-8-4-5-9-20(18)22-21/h1-11,19H,12-16H2. The number of fused-ring (bicyclic) bond motifs is 1. The Morgan fingerprint density at radius 3 is 2.76 bits per heavy atom. The summed E-state index contributed by atoms with van der Waals surface area (Å²) in [7, 11) is 0. The van der Waals surface area contributed by atoms with Gasteiger partial charge in [-0.1, -0.05) is 48.5 Å². The number of hydrogen-bond acceptors (Lipinski definition) is 4. The van der Waals surface area contributed by atoms with Crippen LogP contribution in [0.15, 0.2) is 66.7 Å². The number of ether oxygens (including phenoxy) is 2. The number of para-hydroxylation sites is 1. The molecule has 0 aliphatic carbocycles. The number of pyridine rings is 1. The Bertz CT molecular complexity index is 822. The van der Waals surface area contributed by atoms with Gasteiger partial charge in [-0.15, -0.1) is 0 Å². The molecule has 3 aromatic rings. The molecule has 0 N–H and O–H groups in total. The summed E-state index contributed by atoms with van der Waals surface area (Å²) in [6, 6.07) is 22.6. The van der Waals surface area contributed by atoms with Crippen LogP contribution >= 0.6 is 0 Å². The number of aromatic nitrogens is 1. The molecule has 0 bridgehead atoms. The van der Waals surface area contributed by atoms with Gasteiger partial charge in [0.1, 0.15) is 12.7 Å². The predicted molar refractivity (Wildman–Crippen MR) is 98.7 cm³/mol. The van der Waals surface area contributed by atoms with E-state index in [0.717, 1.165) is 37.1 Å². The molecule has 0 amide bonds. The van der Waals surface area contributed by atoms with Crippen molar-refractivity contribution in [3.05, 3.63) is 72.3 Å². The predicted octanol–water partition coefficient (Wildman–Crippen LogP) is 3.51. The van der Waals surface area contributed by atoms with E-state index >= 15 is 0 Å². The second kappa shape index (κ2) is 7.64. The van der Waals surface area contributed by atoms with Gasteiger partial charge in [-0.3, -0.25) is 4.90 Å². The SMILES string of the molecule is c1ccc(CN2CCOC(COc3ccc4ccccc4n3)C2)cc1. The Hall–Kier alpha value is -2.43. The van der Waals surface area contributed by atoms with Crippen LogP contribution < -0.4 is 4.74 Å². The van der Waals surface area contributed by atoms with E-state index in [-0.39, 0.29) is 6.10 Å². The summed E-state index contributed by atoms with van der Waals surface area (Å²) in [4.78, 5) is 6.97. The molecule has 1 aliphatic heterocycles. The fraction of sp³-hybridized carbons (Fsp3) is 0.286. The Morgan fingerprint density at radius 2 is 1.84 bits per heavy atom. The summed E-state index contributed by atoms with van der Waals surface area (Å²) < 4.78 is 11.8. The zero-order valence-electron chi connectivity index (χ0n) is 14.2. The summed E-state index contributed by atoms with van der Waals surface area (Å²) in [6.45, 7) is 4.06. The fourth-order valence-electron chi connectivity index (χ4n) is 3.17. The van der Waals surface area contributed by atoms with Gasteiger partial charge in [0.05, 0.1) is 12.1 Å². The van der Waals surface area contributed by atoms with Crippen molar-refractivity contribution in [2.75, 3.05) is 26.3 Å². The zero-order valence-corrected chi connectivity index (χ0v) is 14.2. The van der Waals surface area contributed by atoms with Gasteiger partial charge >= 0.3 is 0 Å². The molecule has 0 saturated carbocycles. The molecule has 2 aromatic carbocycles. The Morgan fingerprint density at radius 1 is 1.00 bits per heavy atom. The normalized spacial score (nSPS) is 18.3. The van der Waals surface area contributed by atoms with E-state index in [1.807, 2.05) is 30.3 Å². The average molecular weight is 334 g/mol. The van der Waals surface area contributed by atoms with Crippen LogP contribution in [-0.2, 0) is 11.3 Å². The van der Waals surface area contributed by atoms with Crippen molar-refractivity contribution in [3.8, 4) is 5.88 Å². The second-order valence-electron chi connectivity index (χ2n) is 6.37. The van der Waals surface area contributed by atoms with Crippen molar-refractivity contribution in [3.63, 3.8) is 0 Å². The zero-order chi connectivity index (χ0) is 16.9. The largest absolute Gasteiger partial charge is 0.475 e. The van der Waals surface area contributed by atoms with Crippen LogP contribution in [0.25, 0.3) is 10.9 Å². The minimum atomic E-state index is 0.0748. The van der Waals surface area contributed by atoms with Gasteiger partial charge in [0.25, 0.3) is 0 Å². The lowest BCUT2D eigenvalue weighted by Crippen LogP contribution is -2.44. The lowest BCUT2D eigenvalue weighted by atomic mass is 10.2. The number of morpholine rings is 1. The van der Waals surface area contributed by atoms with Crippen LogP contribution in [0.5, 0.6) is 5.88 Å². The molecule has 1 unspecified atom stereocenters. The van der Waals surface area contributed by atoms with E-state index in [1.165, 1.54) is 5.56 Å². The summed E-state index contributed by atoms with van der Waals surface area (Å²) in [6.07, 6.45) is 0.0748. The van der Waals surface area contributed by atoms with E-state index in [2.05, 4.69) is 46.3 Å². The monoisotopic (exact) mass is 334 g/mol. The first-order chi connectivity index (χ1) is 12.4. The van der Waals surface area contributed by atoms with Gasteiger partial charge < -0.3 is 9.47 Å². The van der Waals surface area contributed by atoms with E-state index in [4.69, 9.17) is 9.47 Å². The van der Waals surface area contributed by atoms with Crippen molar-refractivity contribution in [2.45, 2.75) is 12.6 Å². The lowest BCUT2D eigenvalue weighted by Gasteiger charge is -2.32. The highest BCUT2D eigenvalue weighted by Crippen LogP contribution is 2.17. The quantitative estimate of drug-likeness (QED) is 0.715. The maximum absolute atomic E-state index is 5.89. The third-order valence-corrected chi connectivity index (χ3v) is 4.46. The fourth-order valence-corrected chi connectivity index (χ4v) is 3.17. The molecular formula is C21H22N2O2. The Labute approximate surface area is 148 Å². The summed E-state index contributed by atoms with van der Waals surface area (Å²) in [5.74, 6) is 0.655. The first-order valence-corrected chi connectivity index (χ1v) is 8.73. The molecule has 25 heavy (non-hydrogen) atoms. The van der Waals surface area contributed by atoms with Gasteiger partial charge in [0.2, 0.25) is 5.88 Å². The van der Waals surface area contributed by atoms with Gasteiger partial charge in [-0.05, 0) is 17.7 Å². The van der Waals surface area contributed by atoms with Crippen molar-refractivity contribution in [1.82, 2.24) is 9.88 Å².